The minimum absolute atomic E-state index is 0.263. The van der Waals surface area contributed by atoms with Crippen molar-refractivity contribution in [3.05, 3.63) is 47.3 Å². The molecule has 2 aromatic rings. The lowest BCUT2D eigenvalue weighted by Crippen LogP contribution is -2.30. The number of carbonyl (C=O) groups excluding carboxylic acids is 1. The molecule has 3 N–H and O–H groups in total. The van der Waals surface area contributed by atoms with Gasteiger partial charge in [-0.2, -0.15) is 0 Å². The number of ether oxygens (including phenoxy) is 1. The first-order valence-corrected chi connectivity index (χ1v) is 5.41. The highest BCUT2D eigenvalue weighted by Crippen LogP contribution is 2.16. The summed E-state index contributed by atoms with van der Waals surface area (Å²) in [5, 5.41) is 0. The second-order valence-electron chi connectivity index (χ2n) is 3.73. The first-order valence-electron chi connectivity index (χ1n) is 5.41. The quantitative estimate of drug-likeness (QED) is 0.476. The molecule has 0 fully saturated rings. The summed E-state index contributed by atoms with van der Waals surface area (Å²) in [4.78, 5) is 11.4. The number of hydrogen-bond donors (Lipinski definition) is 2. The van der Waals surface area contributed by atoms with Crippen molar-refractivity contribution >= 4 is 5.91 Å². The van der Waals surface area contributed by atoms with Gasteiger partial charge in [0.2, 0.25) is 0 Å². The standard InChI is InChI=1S/C12H14N2O4/c1-8-11(12(15)14-13)5-10(18-8)7-16-6-9-3-2-4-17-9/h2-5H,6-7,13H2,1H3,(H,14,15). The SMILES string of the molecule is Cc1oc(COCc2ccco2)cc1C(=O)NN. The van der Waals surface area contributed by atoms with E-state index in [-0.39, 0.29) is 12.5 Å². The van der Waals surface area contributed by atoms with Crippen LogP contribution in [0.3, 0.4) is 0 Å². The molecule has 0 aliphatic carbocycles. The number of nitrogen functional groups attached to an aromatic ring is 1. The van der Waals surface area contributed by atoms with E-state index in [2.05, 4.69) is 5.43 Å². The summed E-state index contributed by atoms with van der Waals surface area (Å²) in [6, 6.07) is 5.22. The molecule has 2 heterocycles. The lowest BCUT2D eigenvalue weighted by Gasteiger charge is -1.98. The summed E-state index contributed by atoms with van der Waals surface area (Å²) in [5.41, 5.74) is 2.47. The zero-order valence-corrected chi connectivity index (χ0v) is 9.93. The number of aryl methyl sites for hydroxylation is 1. The Morgan fingerprint density at radius 3 is 2.89 bits per heavy atom. The molecule has 0 aliphatic heterocycles. The normalized spacial score (nSPS) is 10.6. The van der Waals surface area contributed by atoms with Crippen LogP contribution >= 0.6 is 0 Å². The largest absolute Gasteiger partial charge is 0.467 e. The molecule has 0 spiro atoms. The molecular formula is C12H14N2O4. The fourth-order valence-electron chi connectivity index (χ4n) is 1.56. The minimum atomic E-state index is -0.381. The van der Waals surface area contributed by atoms with Gasteiger partial charge in [-0.05, 0) is 25.1 Å². The molecule has 2 aromatic heterocycles. The van der Waals surface area contributed by atoms with Crippen LogP contribution in [0, 0.1) is 6.92 Å². The van der Waals surface area contributed by atoms with Gasteiger partial charge < -0.3 is 13.6 Å². The van der Waals surface area contributed by atoms with Crippen molar-refractivity contribution in [2.45, 2.75) is 20.1 Å². The molecule has 1 amide bonds. The molecule has 2 rings (SSSR count). The van der Waals surface area contributed by atoms with E-state index in [4.69, 9.17) is 19.4 Å². The second kappa shape index (κ2) is 5.52. The highest BCUT2D eigenvalue weighted by molar-refractivity contribution is 5.94. The van der Waals surface area contributed by atoms with Crippen LogP contribution in [-0.4, -0.2) is 5.91 Å². The number of hydrazine groups is 1. The van der Waals surface area contributed by atoms with Crippen LogP contribution in [0.2, 0.25) is 0 Å². The zero-order valence-electron chi connectivity index (χ0n) is 9.93. The summed E-state index contributed by atoms with van der Waals surface area (Å²) in [6.07, 6.45) is 1.58. The molecule has 0 unspecified atom stereocenters. The van der Waals surface area contributed by atoms with E-state index in [0.29, 0.717) is 23.7 Å². The van der Waals surface area contributed by atoms with Gasteiger partial charge in [-0.25, -0.2) is 5.84 Å². The molecule has 0 radical (unpaired) electrons. The van der Waals surface area contributed by atoms with Crippen molar-refractivity contribution in [2.75, 3.05) is 0 Å². The van der Waals surface area contributed by atoms with Gasteiger partial charge in [0, 0.05) is 0 Å². The number of rotatable bonds is 5. The van der Waals surface area contributed by atoms with E-state index in [0.717, 1.165) is 5.76 Å². The van der Waals surface area contributed by atoms with Crippen LogP contribution < -0.4 is 11.3 Å². The summed E-state index contributed by atoms with van der Waals surface area (Å²) in [5.74, 6) is 6.49. The maximum atomic E-state index is 11.4. The van der Waals surface area contributed by atoms with Gasteiger partial charge in [0.05, 0.1) is 11.8 Å². The van der Waals surface area contributed by atoms with Gasteiger partial charge >= 0.3 is 0 Å². The highest BCUT2D eigenvalue weighted by atomic mass is 16.5. The van der Waals surface area contributed by atoms with Crippen LogP contribution in [0.5, 0.6) is 0 Å². The van der Waals surface area contributed by atoms with Gasteiger partial charge in [-0.1, -0.05) is 0 Å². The van der Waals surface area contributed by atoms with Crippen LogP contribution in [0.1, 0.15) is 27.6 Å². The summed E-state index contributed by atoms with van der Waals surface area (Å²) in [7, 11) is 0. The maximum Gasteiger partial charge on any atom is 0.268 e. The topological polar surface area (TPSA) is 90.6 Å². The Morgan fingerprint density at radius 2 is 2.22 bits per heavy atom. The summed E-state index contributed by atoms with van der Waals surface area (Å²) < 4.78 is 15.9. The monoisotopic (exact) mass is 250 g/mol. The van der Waals surface area contributed by atoms with Gasteiger partial charge in [0.25, 0.3) is 5.91 Å². The Bertz CT molecular complexity index is 516. The maximum absolute atomic E-state index is 11.4. The van der Waals surface area contributed by atoms with Crippen LogP contribution in [0.25, 0.3) is 0 Å². The molecular weight excluding hydrogens is 236 g/mol. The van der Waals surface area contributed by atoms with Crippen molar-refractivity contribution in [1.29, 1.82) is 0 Å². The fourth-order valence-corrected chi connectivity index (χ4v) is 1.56. The predicted octanol–water partition coefficient (Wildman–Crippen LogP) is 1.50. The average molecular weight is 250 g/mol. The minimum Gasteiger partial charge on any atom is -0.467 e. The van der Waals surface area contributed by atoms with Crippen LogP contribution in [-0.2, 0) is 18.0 Å². The smallest absolute Gasteiger partial charge is 0.268 e. The van der Waals surface area contributed by atoms with Gasteiger partial charge in [-0.3, -0.25) is 10.2 Å². The molecule has 0 saturated carbocycles. The first-order chi connectivity index (χ1) is 8.70. The Morgan fingerprint density at radius 1 is 1.44 bits per heavy atom. The van der Waals surface area contributed by atoms with Crippen LogP contribution in [0.15, 0.2) is 33.3 Å². The van der Waals surface area contributed by atoms with Crippen molar-refractivity contribution in [2.24, 2.45) is 5.84 Å². The zero-order chi connectivity index (χ0) is 13.0. The Labute approximate surface area is 104 Å². The van der Waals surface area contributed by atoms with Gasteiger partial charge in [-0.15, -0.1) is 0 Å². The van der Waals surface area contributed by atoms with Crippen molar-refractivity contribution < 1.29 is 18.4 Å². The van der Waals surface area contributed by atoms with E-state index in [1.165, 1.54) is 0 Å². The first kappa shape index (κ1) is 12.4. The average Bonchev–Trinajstić information content (AvgIpc) is 2.98. The molecule has 0 saturated heterocycles. The third-order valence-electron chi connectivity index (χ3n) is 2.41. The summed E-state index contributed by atoms with van der Waals surface area (Å²) in [6.45, 7) is 2.31. The van der Waals surface area contributed by atoms with Crippen molar-refractivity contribution in [3.8, 4) is 0 Å². The number of nitrogens with two attached hydrogens (primary N) is 1. The van der Waals surface area contributed by atoms with Crippen LogP contribution in [0.4, 0.5) is 0 Å². The fraction of sp³-hybridized carbons (Fsp3) is 0.250. The molecule has 96 valence electrons. The predicted molar refractivity (Wildman–Crippen MR) is 62.3 cm³/mol. The number of carbonyl (C=O) groups is 1. The molecule has 6 heteroatoms. The highest BCUT2D eigenvalue weighted by Gasteiger charge is 2.13. The van der Waals surface area contributed by atoms with E-state index < -0.39 is 0 Å². The second-order valence-corrected chi connectivity index (χ2v) is 3.73. The molecule has 0 bridgehead atoms. The molecule has 0 aromatic carbocycles. The molecule has 18 heavy (non-hydrogen) atoms. The Kier molecular flexibility index (Phi) is 3.81. The van der Waals surface area contributed by atoms with E-state index in [9.17, 15) is 4.79 Å². The van der Waals surface area contributed by atoms with E-state index in [1.54, 1.807) is 25.3 Å². The van der Waals surface area contributed by atoms with Gasteiger partial charge in [0.1, 0.15) is 30.5 Å². The molecule has 6 nitrogen and oxygen atoms in total. The number of furan rings is 2. The lowest BCUT2D eigenvalue weighted by atomic mass is 10.2. The third kappa shape index (κ3) is 2.79. The Hall–Kier alpha value is -2.05. The number of hydrogen-bond acceptors (Lipinski definition) is 5. The summed E-state index contributed by atoms with van der Waals surface area (Å²) >= 11 is 0. The Balaban J connectivity index is 1.92. The molecule has 0 atom stereocenters. The molecule has 0 aliphatic rings. The van der Waals surface area contributed by atoms with Gasteiger partial charge in [0.15, 0.2) is 0 Å². The van der Waals surface area contributed by atoms with Crippen molar-refractivity contribution in [3.63, 3.8) is 0 Å². The number of nitrogens with one attached hydrogen (secondary N) is 1. The van der Waals surface area contributed by atoms with E-state index >= 15 is 0 Å². The van der Waals surface area contributed by atoms with E-state index in [1.807, 2.05) is 6.07 Å². The number of amides is 1. The van der Waals surface area contributed by atoms with Crippen molar-refractivity contribution in [1.82, 2.24) is 5.43 Å². The lowest BCUT2D eigenvalue weighted by molar-refractivity contribution is 0.0798. The third-order valence-corrected chi connectivity index (χ3v) is 2.41.